The van der Waals surface area contributed by atoms with E-state index in [1.807, 2.05) is 71.2 Å². The highest BCUT2D eigenvalue weighted by atomic mass is 16.4. The largest absolute Gasteiger partial charge is 0.478 e. The Hall–Kier alpha value is -4.12. The molecule has 6 rings (SSSR count). The van der Waals surface area contributed by atoms with Gasteiger partial charge in [0.25, 0.3) is 5.91 Å². The topological polar surface area (TPSA) is 62.5 Å². The van der Waals surface area contributed by atoms with Crippen LogP contribution < -0.4 is 0 Å². The quantitative estimate of drug-likeness (QED) is 0.458. The van der Waals surface area contributed by atoms with Gasteiger partial charge in [0.2, 0.25) is 0 Å². The van der Waals surface area contributed by atoms with Crippen LogP contribution in [0.3, 0.4) is 0 Å². The number of carbonyl (C=O) groups excluding carboxylic acids is 1. The number of benzene rings is 3. The van der Waals surface area contributed by atoms with Crippen molar-refractivity contribution in [2.75, 3.05) is 7.05 Å². The summed E-state index contributed by atoms with van der Waals surface area (Å²) in [5, 5.41) is 9.41. The number of hydrogen-bond acceptors (Lipinski definition) is 2. The third kappa shape index (κ3) is 2.93. The van der Waals surface area contributed by atoms with Crippen molar-refractivity contribution in [1.82, 2.24) is 9.47 Å². The van der Waals surface area contributed by atoms with Crippen LogP contribution in [0.15, 0.2) is 85.1 Å². The molecule has 1 spiro atoms. The van der Waals surface area contributed by atoms with Crippen LogP contribution in [0.25, 0.3) is 27.9 Å². The number of hydrogen-bond donors (Lipinski definition) is 1. The van der Waals surface area contributed by atoms with Crippen LogP contribution in [-0.4, -0.2) is 33.5 Å². The Morgan fingerprint density at radius 2 is 1.58 bits per heavy atom. The molecule has 0 bridgehead atoms. The van der Waals surface area contributed by atoms with Crippen molar-refractivity contribution in [3.05, 3.63) is 102 Å². The molecule has 1 aromatic heterocycles. The molecule has 0 saturated heterocycles. The van der Waals surface area contributed by atoms with Gasteiger partial charge in [0.15, 0.2) is 0 Å². The maximum atomic E-state index is 13.5. The van der Waals surface area contributed by atoms with E-state index in [-0.39, 0.29) is 17.0 Å². The second-order valence-electron chi connectivity index (χ2n) is 8.86. The van der Waals surface area contributed by atoms with Crippen LogP contribution in [0.5, 0.6) is 0 Å². The van der Waals surface area contributed by atoms with E-state index in [2.05, 4.69) is 12.1 Å². The Balaban J connectivity index is 1.57. The number of fused-ring (bicyclic) bond motifs is 4. The van der Waals surface area contributed by atoms with Gasteiger partial charge in [-0.2, -0.15) is 0 Å². The number of carbonyl (C=O) groups is 2. The fourth-order valence-corrected chi connectivity index (χ4v) is 5.02. The number of aromatic carboxylic acids is 1. The molecule has 1 aliphatic heterocycles. The van der Waals surface area contributed by atoms with Gasteiger partial charge < -0.3 is 14.6 Å². The molecular formula is C28H22N2O3. The van der Waals surface area contributed by atoms with Crippen molar-refractivity contribution in [2.45, 2.75) is 18.4 Å². The molecule has 3 aromatic carbocycles. The van der Waals surface area contributed by atoms with Crippen molar-refractivity contribution in [3.8, 4) is 27.9 Å². The smallest absolute Gasteiger partial charge is 0.335 e. The normalized spacial score (nSPS) is 15.7. The molecule has 0 radical (unpaired) electrons. The summed E-state index contributed by atoms with van der Waals surface area (Å²) in [6.45, 7) is 0. The van der Waals surface area contributed by atoms with Crippen LogP contribution in [-0.2, 0) is 5.54 Å². The second kappa shape index (κ2) is 6.94. The van der Waals surface area contributed by atoms with E-state index in [0.717, 1.165) is 46.3 Å². The van der Waals surface area contributed by atoms with Crippen LogP contribution in [0.2, 0.25) is 0 Å². The predicted molar refractivity (Wildman–Crippen MR) is 127 cm³/mol. The van der Waals surface area contributed by atoms with Crippen LogP contribution >= 0.6 is 0 Å². The van der Waals surface area contributed by atoms with Gasteiger partial charge in [0.05, 0.1) is 16.8 Å². The Labute approximate surface area is 191 Å². The highest BCUT2D eigenvalue weighted by Crippen LogP contribution is 2.54. The average Bonchev–Trinajstić information content (AvgIpc) is 3.55. The Kier molecular flexibility index (Phi) is 4.11. The van der Waals surface area contributed by atoms with Crippen LogP contribution in [0, 0.1) is 0 Å². The molecule has 0 atom stereocenters. The molecule has 2 heterocycles. The fraction of sp³-hybridized carbons (Fsp3) is 0.143. The molecule has 5 heteroatoms. The maximum Gasteiger partial charge on any atom is 0.335 e. The molecule has 4 aromatic rings. The molecule has 1 saturated carbocycles. The predicted octanol–water partition coefficient (Wildman–Crippen LogP) is 5.58. The lowest BCUT2D eigenvalue weighted by molar-refractivity contribution is 0.0691. The van der Waals surface area contributed by atoms with Crippen molar-refractivity contribution < 1.29 is 14.7 Å². The van der Waals surface area contributed by atoms with Crippen molar-refractivity contribution in [1.29, 1.82) is 0 Å². The third-order valence-corrected chi connectivity index (χ3v) is 7.02. The monoisotopic (exact) mass is 434 g/mol. The summed E-state index contributed by atoms with van der Waals surface area (Å²) in [5.41, 5.74) is 6.52. The summed E-state index contributed by atoms with van der Waals surface area (Å²) in [6, 6.07) is 25.2. The van der Waals surface area contributed by atoms with Gasteiger partial charge in [-0.1, -0.05) is 54.6 Å². The fourth-order valence-electron chi connectivity index (χ4n) is 5.02. The summed E-state index contributed by atoms with van der Waals surface area (Å²) in [5.74, 6) is -0.934. The number of amides is 1. The van der Waals surface area contributed by atoms with E-state index < -0.39 is 5.97 Å². The molecule has 33 heavy (non-hydrogen) atoms. The maximum absolute atomic E-state index is 13.5. The molecule has 1 N–H and O–H groups in total. The summed E-state index contributed by atoms with van der Waals surface area (Å²) >= 11 is 0. The Morgan fingerprint density at radius 1 is 0.848 bits per heavy atom. The SMILES string of the molecule is CN1C(=O)c2cc(-c3ccccc3)cn2-c2cc(-c3cccc(C(=O)O)c3)ccc2C12CC2. The van der Waals surface area contributed by atoms with E-state index in [9.17, 15) is 14.7 Å². The second-order valence-corrected chi connectivity index (χ2v) is 8.86. The minimum atomic E-state index is -0.948. The molecular weight excluding hydrogens is 412 g/mol. The lowest BCUT2D eigenvalue weighted by Gasteiger charge is -2.27. The standard InChI is InChI=1S/C28H22N2O3/c1-29-26(31)25-16-22(18-6-3-2-4-7-18)17-30(25)24-15-20(10-11-23(24)28(29)12-13-28)19-8-5-9-21(14-19)27(32)33/h2-11,14-17H,12-13H2,1H3,(H,32,33). The molecule has 1 aliphatic carbocycles. The van der Waals surface area contributed by atoms with Crippen LogP contribution in [0.1, 0.15) is 39.3 Å². The molecule has 1 amide bonds. The van der Waals surface area contributed by atoms with E-state index in [0.29, 0.717) is 5.69 Å². The zero-order valence-electron chi connectivity index (χ0n) is 18.2. The van der Waals surface area contributed by atoms with Gasteiger partial charge in [-0.15, -0.1) is 0 Å². The highest BCUT2D eigenvalue weighted by Gasteiger charge is 2.53. The minimum Gasteiger partial charge on any atom is -0.478 e. The van der Waals surface area contributed by atoms with Crippen molar-refractivity contribution in [2.24, 2.45) is 0 Å². The van der Waals surface area contributed by atoms with Gasteiger partial charge in [-0.25, -0.2) is 4.79 Å². The third-order valence-electron chi connectivity index (χ3n) is 7.02. The Morgan fingerprint density at radius 3 is 2.30 bits per heavy atom. The van der Waals surface area contributed by atoms with Gasteiger partial charge >= 0.3 is 5.97 Å². The number of aromatic nitrogens is 1. The number of carboxylic acids is 1. The number of rotatable bonds is 3. The Bertz CT molecular complexity index is 1430. The zero-order chi connectivity index (χ0) is 22.7. The van der Waals surface area contributed by atoms with E-state index >= 15 is 0 Å². The van der Waals surface area contributed by atoms with Crippen LogP contribution in [0.4, 0.5) is 0 Å². The number of nitrogens with zero attached hydrogens (tertiary/aromatic N) is 2. The molecule has 2 aliphatic rings. The molecule has 0 unspecified atom stereocenters. The summed E-state index contributed by atoms with van der Waals surface area (Å²) in [7, 11) is 1.90. The first-order valence-corrected chi connectivity index (χ1v) is 11.0. The van der Waals surface area contributed by atoms with Crippen molar-refractivity contribution in [3.63, 3.8) is 0 Å². The first-order chi connectivity index (χ1) is 16.0. The first kappa shape index (κ1) is 19.6. The van der Waals surface area contributed by atoms with E-state index in [1.165, 1.54) is 0 Å². The average molecular weight is 434 g/mol. The molecule has 5 nitrogen and oxygen atoms in total. The lowest BCUT2D eigenvalue weighted by atomic mass is 9.95. The molecule has 1 fully saturated rings. The van der Waals surface area contributed by atoms with Gasteiger partial charge in [-0.05, 0) is 53.8 Å². The van der Waals surface area contributed by atoms with Gasteiger partial charge in [-0.3, -0.25) is 4.79 Å². The summed E-state index contributed by atoms with van der Waals surface area (Å²) in [6.07, 6.45) is 3.91. The van der Waals surface area contributed by atoms with Gasteiger partial charge in [0, 0.05) is 24.4 Å². The highest BCUT2D eigenvalue weighted by molar-refractivity contribution is 5.97. The minimum absolute atomic E-state index is 0.0142. The van der Waals surface area contributed by atoms with Crippen molar-refractivity contribution >= 4 is 11.9 Å². The lowest BCUT2D eigenvalue weighted by Crippen LogP contribution is -2.36. The van der Waals surface area contributed by atoms with Gasteiger partial charge in [0.1, 0.15) is 5.69 Å². The van der Waals surface area contributed by atoms with E-state index in [4.69, 9.17) is 0 Å². The first-order valence-electron chi connectivity index (χ1n) is 11.0. The zero-order valence-corrected chi connectivity index (χ0v) is 18.2. The molecule has 162 valence electrons. The summed E-state index contributed by atoms with van der Waals surface area (Å²) < 4.78 is 2.01. The summed E-state index contributed by atoms with van der Waals surface area (Å²) in [4.78, 5) is 26.9. The van der Waals surface area contributed by atoms with E-state index in [1.54, 1.807) is 18.2 Å². The number of carboxylic acid groups (broad SMARTS) is 1.